The minimum absolute atomic E-state index is 0.0286. The molecule has 170 valence electrons. The van der Waals surface area contributed by atoms with Crippen LogP contribution in [0.2, 0.25) is 0 Å². The van der Waals surface area contributed by atoms with E-state index >= 15 is 0 Å². The average molecular weight is 443 g/mol. The zero-order valence-electron chi connectivity index (χ0n) is 18.0. The molecule has 0 fully saturated rings. The minimum atomic E-state index is -0.562. The molecule has 0 spiro atoms. The van der Waals surface area contributed by atoms with Gasteiger partial charge in [0.1, 0.15) is 5.69 Å². The molecule has 1 amide bonds. The monoisotopic (exact) mass is 443 g/mol. The summed E-state index contributed by atoms with van der Waals surface area (Å²) in [5.41, 5.74) is 2.29. The quantitative estimate of drug-likeness (QED) is 0.357. The third kappa shape index (κ3) is 5.45. The van der Waals surface area contributed by atoms with E-state index in [0.717, 1.165) is 11.1 Å². The Morgan fingerprint density at radius 2 is 1.81 bits per heavy atom. The van der Waals surface area contributed by atoms with Gasteiger partial charge in [0.2, 0.25) is 0 Å². The fourth-order valence-electron chi connectivity index (χ4n) is 3.48. The van der Waals surface area contributed by atoms with Gasteiger partial charge in [-0.05, 0) is 35.7 Å². The number of methoxy groups -OCH3 is 2. The van der Waals surface area contributed by atoms with Crippen molar-refractivity contribution in [2.24, 2.45) is 0 Å². The van der Waals surface area contributed by atoms with Crippen LogP contribution < -0.4 is 14.8 Å². The largest absolute Gasteiger partial charge is 0.493 e. The maximum atomic E-state index is 12.5. The van der Waals surface area contributed by atoms with E-state index in [9.17, 15) is 19.7 Å². The number of anilines is 1. The maximum Gasteiger partial charge on any atom is 0.308 e. The lowest BCUT2D eigenvalue weighted by atomic mass is 9.99. The summed E-state index contributed by atoms with van der Waals surface area (Å²) >= 11 is 0. The van der Waals surface area contributed by atoms with Crippen LogP contribution >= 0.6 is 0 Å². The fraction of sp³-hybridized carbons (Fsp3) is 0.364. The lowest BCUT2D eigenvalue weighted by Gasteiger charge is -2.29. The number of hydrogen-bond acceptors (Lipinski definition) is 8. The van der Waals surface area contributed by atoms with Crippen LogP contribution in [0.1, 0.15) is 17.5 Å². The highest BCUT2D eigenvalue weighted by Crippen LogP contribution is 2.33. The Kier molecular flexibility index (Phi) is 7.48. The van der Waals surface area contributed by atoms with Crippen LogP contribution in [0, 0.1) is 10.1 Å². The molecule has 32 heavy (non-hydrogen) atoms. The minimum Gasteiger partial charge on any atom is -0.493 e. The Morgan fingerprint density at radius 3 is 2.50 bits per heavy atom. The molecule has 0 atom stereocenters. The number of amides is 1. The predicted molar refractivity (Wildman–Crippen MR) is 116 cm³/mol. The van der Waals surface area contributed by atoms with Gasteiger partial charge in [0.25, 0.3) is 11.6 Å². The number of ether oxygens (including phenoxy) is 3. The lowest BCUT2D eigenvalue weighted by molar-refractivity contribution is -0.384. The third-order valence-electron chi connectivity index (χ3n) is 5.17. The molecule has 1 heterocycles. The Labute approximate surface area is 185 Å². The first kappa shape index (κ1) is 22.9. The second-order valence-corrected chi connectivity index (χ2v) is 7.15. The topological polar surface area (TPSA) is 120 Å². The maximum absolute atomic E-state index is 12.5. The van der Waals surface area contributed by atoms with Gasteiger partial charge in [-0.2, -0.15) is 0 Å². The summed E-state index contributed by atoms with van der Waals surface area (Å²) in [5, 5.41) is 13.9. The number of esters is 1. The lowest BCUT2D eigenvalue weighted by Crippen LogP contribution is -2.38. The number of nitro groups is 1. The first-order chi connectivity index (χ1) is 15.4. The molecule has 2 aromatic carbocycles. The zero-order valence-corrected chi connectivity index (χ0v) is 18.0. The fourth-order valence-corrected chi connectivity index (χ4v) is 3.48. The Morgan fingerprint density at radius 1 is 1.12 bits per heavy atom. The van der Waals surface area contributed by atoms with Crippen LogP contribution in [0.25, 0.3) is 0 Å². The van der Waals surface area contributed by atoms with Crippen molar-refractivity contribution in [2.75, 3.05) is 39.2 Å². The number of carbonyl (C=O) groups excluding carboxylic acids is 2. The van der Waals surface area contributed by atoms with Crippen LogP contribution in [0.3, 0.4) is 0 Å². The van der Waals surface area contributed by atoms with Crippen molar-refractivity contribution in [3.8, 4) is 11.5 Å². The molecule has 1 aliphatic rings. The number of carbonyl (C=O) groups is 2. The van der Waals surface area contributed by atoms with E-state index in [2.05, 4.69) is 5.32 Å². The number of rotatable bonds is 9. The van der Waals surface area contributed by atoms with Gasteiger partial charge >= 0.3 is 5.97 Å². The molecule has 0 saturated heterocycles. The van der Waals surface area contributed by atoms with Gasteiger partial charge in [-0.15, -0.1) is 0 Å². The summed E-state index contributed by atoms with van der Waals surface area (Å²) in [6, 6.07) is 9.94. The SMILES string of the molecule is COc1cc2c(cc1OC)CN(C(=O)COC(=O)CCNc1ccccc1[N+](=O)[O-])CC2. The van der Waals surface area contributed by atoms with Crippen molar-refractivity contribution in [1.29, 1.82) is 0 Å². The van der Waals surface area contributed by atoms with Crippen molar-refractivity contribution in [2.45, 2.75) is 19.4 Å². The number of nitro benzene ring substituents is 1. The molecule has 0 aliphatic carbocycles. The molecule has 10 heteroatoms. The molecule has 0 aromatic heterocycles. The van der Waals surface area contributed by atoms with Crippen LogP contribution in [-0.4, -0.2) is 55.6 Å². The number of fused-ring (bicyclic) bond motifs is 1. The molecule has 0 radical (unpaired) electrons. The molecule has 0 saturated carbocycles. The van der Waals surface area contributed by atoms with Crippen molar-refractivity contribution < 1.29 is 28.7 Å². The van der Waals surface area contributed by atoms with Gasteiger partial charge in [0, 0.05) is 25.7 Å². The highest BCUT2D eigenvalue weighted by atomic mass is 16.6. The summed E-state index contributed by atoms with van der Waals surface area (Å²) in [4.78, 5) is 36.6. The van der Waals surface area contributed by atoms with E-state index in [0.29, 0.717) is 36.7 Å². The molecule has 1 N–H and O–H groups in total. The smallest absolute Gasteiger partial charge is 0.308 e. The summed E-state index contributed by atoms with van der Waals surface area (Å²) in [6.07, 6.45) is 0.633. The van der Waals surface area contributed by atoms with Gasteiger partial charge in [-0.25, -0.2) is 0 Å². The van der Waals surface area contributed by atoms with Crippen LogP contribution in [0.15, 0.2) is 36.4 Å². The van der Waals surface area contributed by atoms with Gasteiger partial charge in [0.05, 0.1) is 25.6 Å². The third-order valence-corrected chi connectivity index (χ3v) is 5.17. The van der Waals surface area contributed by atoms with Crippen LogP contribution in [0.5, 0.6) is 11.5 Å². The summed E-state index contributed by atoms with van der Waals surface area (Å²) < 4.78 is 15.7. The van der Waals surface area contributed by atoms with Gasteiger partial charge < -0.3 is 24.4 Å². The van der Waals surface area contributed by atoms with Crippen molar-refractivity contribution >= 4 is 23.3 Å². The van der Waals surface area contributed by atoms with E-state index in [1.807, 2.05) is 12.1 Å². The number of para-hydroxylation sites is 2. The van der Waals surface area contributed by atoms with E-state index < -0.39 is 10.9 Å². The molecular formula is C22H25N3O7. The number of benzene rings is 2. The molecule has 0 bridgehead atoms. The Hall–Kier alpha value is -3.82. The van der Waals surface area contributed by atoms with E-state index in [4.69, 9.17) is 14.2 Å². The number of nitrogens with zero attached hydrogens (tertiary/aromatic N) is 2. The van der Waals surface area contributed by atoms with Crippen LogP contribution in [0.4, 0.5) is 11.4 Å². The van der Waals surface area contributed by atoms with Crippen molar-refractivity contribution in [3.63, 3.8) is 0 Å². The van der Waals surface area contributed by atoms with E-state index in [-0.39, 0.29) is 31.2 Å². The van der Waals surface area contributed by atoms with Crippen LogP contribution in [-0.2, 0) is 27.3 Å². The Balaban J connectivity index is 1.47. The summed E-state index contributed by atoms with van der Waals surface area (Å²) in [5.74, 6) is 0.395. The summed E-state index contributed by atoms with van der Waals surface area (Å²) in [6.45, 7) is 0.701. The zero-order chi connectivity index (χ0) is 23.1. The highest BCUT2D eigenvalue weighted by Gasteiger charge is 2.23. The highest BCUT2D eigenvalue weighted by molar-refractivity contribution is 5.81. The number of nitrogens with one attached hydrogen (secondary N) is 1. The number of hydrogen-bond donors (Lipinski definition) is 1. The summed E-state index contributed by atoms with van der Waals surface area (Å²) in [7, 11) is 3.13. The first-order valence-electron chi connectivity index (χ1n) is 10.1. The Bertz CT molecular complexity index is 1010. The van der Waals surface area contributed by atoms with Crippen molar-refractivity contribution in [3.05, 3.63) is 57.6 Å². The molecule has 0 unspecified atom stereocenters. The van der Waals surface area contributed by atoms with Gasteiger partial charge in [0.15, 0.2) is 18.1 Å². The van der Waals surface area contributed by atoms with E-state index in [1.54, 1.807) is 37.3 Å². The second kappa shape index (κ2) is 10.5. The second-order valence-electron chi connectivity index (χ2n) is 7.15. The molecule has 2 aromatic rings. The predicted octanol–water partition coefficient (Wildman–Crippen LogP) is 2.54. The molecule has 3 rings (SSSR count). The first-order valence-corrected chi connectivity index (χ1v) is 10.1. The normalized spacial score (nSPS) is 12.5. The molecular weight excluding hydrogens is 418 g/mol. The molecule has 1 aliphatic heterocycles. The average Bonchev–Trinajstić information content (AvgIpc) is 2.81. The van der Waals surface area contributed by atoms with Gasteiger partial charge in [-0.3, -0.25) is 19.7 Å². The van der Waals surface area contributed by atoms with Gasteiger partial charge in [-0.1, -0.05) is 12.1 Å². The van der Waals surface area contributed by atoms with Crippen molar-refractivity contribution in [1.82, 2.24) is 4.90 Å². The standard InChI is InChI=1S/C22H25N3O7/c1-30-19-11-15-8-10-24(13-16(15)12-20(19)31-2)21(26)14-32-22(27)7-9-23-17-5-3-4-6-18(17)25(28)29/h3-6,11-12,23H,7-10,13-14H2,1-2H3. The molecule has 10 nitrogen and oxygen atoms in total. The van der Waals surface area contributed by atoms with E-state index in [1.165, 1.54) is 6.07 Å².